The summed E-state index contributed by atoms with van der Waals surface area (Å²) in [5, 5.41) is 10.0. The summed E-state index contributed by atoms with van der Waals surface area (Å²) in [7, 11) is 4.52. The lowest BCUT2D eigenvalue weighted by atomic mass is 9.99. The van der Waals surface area contributed by atoms with Crippen LogP contribution in [-0.4, -0.2) is 65.7 Å². The number of rotatable bonds is 3. The van der Waals surface area contributed by atoms with Crippen LogP contribution in [-0.2, 0) is 6.18 Å². The van der Waals surface area contributed by atoms with E-state index in [2.05, 4.69) is 4.98 Å². The van der Waals surface area contributed by atoms with Crippen LogP contribution in [0.15, 0.2) is 36.5 Å². The first-order valence-electron chi connectivity index (χ1n) is 8.62. The second-order valence-corrected chi connectivity index (χ2v) is 6.88. The second-order valence-electron chi connectivity index (χ2n) is 6.88. The van der Waals surface area contributed by atoms with Crippen LogP contribution in [0.25, 0.3) is 11.1 Å². The van der Waals surface area contributed by atoms with Crippen LogP contribution < -0.4 is 4.90 Å². The average molecular weight is 408 g/mol. The fraction of sp³-hybridized carbons (Fsp3) is 0.316. The van der Waals surface area contributed by atoms with Gasteiger partial charge in [0.2, 0.25) is 0 Å². The van der Waals surface area contributed by atoms with Gasteiger partial charge in [0.1, 0.15) is 5.82 Å². The van der Waals surface area contributed by atoms with Gasteiger partial charge in [-0.05, 0) is 23.8 Å². The molecule has 1 atom stereocenters. The molecular weight excluding hydrogens is 389 g/mol. The van der Waals surface area contributed by atoms with E-state index in [4.69, 9.17) is 0 Å². The Balaban J connectivity index is 2.11. The van der Waals surface area contributed by atoms with E-state index in [9.17, 15) is 27.9 Å². The van der Waals surface area contributed by atoms with Gasteiger partial charge < -0.3 is 14.9 Å². The smallest absolute Gasteiger partial charge is 0.371 e. The molecule has 0 saturated carbocycles. The molecule has 1 aromatic carbocycles. The topological polar surface area (TPSA) is 77.0 Å². The molecule has 10 heteroatoms. The van der Waals surface area contributed by atoms with Gasteiger partial charge in [0.05, 0.1) is 12.1 Å². The zero-order valence-electron chi connectivity index (χ0n) is 15.9. The number of anilines is 1. The number of aliphatic hydroxyl groups excluding tert-OH is 1. The van der Waals surface area contributed by atoms with E-state index < -0.39 is 24.0 Å². The fourth-order valence-electron chi connectivity index (χ4n) is 3.09. The summed E-state index contributed by atoms with van der Waals surface area (Å²) in [4.78, 5) is 31.6. The molecule has 2 aromatic rings. The number of urea groups is 1. The summed E-state index contributed by atoms with van der Waals surface area (Å²) in [6, 6.07) is 5.89. The van der Waals surface area contributed by atoms with Crippen molar-refractivity contribution in [2.24, 2.45) is 0 Å². The number of carbonyl (C=O) groups is 2. The summed E-state index contributed by atoms with van der Waals surface area (Å²) in [6.45, 7) is -0.0433. The van der Waals surface area contributed by atoms with Crippen LogP contribution in [0.1, 0.15) is 15.9 Å². The van der Waals surface area contributed by atoms with Crippen molar-refractivity contribution in [1.29, 1.82) is 0 Å². The highest BCUT2D eigenvalue weighted by atomic mass is 19.4. The van der Waals surface area contributed by atoms with Crippen molar-refractivity contribution in [3.8, 4) is 11.1 Å². The molecule has 1 saturated heterocycles. The van der Waals surface area contributed by atoms with Gasteiger partial charge >= 0.3 is 12.2 Å². The van der Waals surface area contributed by atoms with Crippen LogP contribution in [0.3, 0.4) is 0 Å². The molecule has 2 heterocycles. The van der Waals surface area contributed by atoms with Crippen molar-refractivity contribution in [2.45, 2.75) is 12.4 Å². The molecule has 0 spiro atoms. The Kier molecular flexibility index (Phi) is 5.22. The van der Waals surface area contributed by atoms with Gasteiger partial charge in [-0.15, -0.1) is 0 Å². The van der Waals surface area contributed by atoms with Gasteiger partial charge in [0, 0.05) is 38.5 Å². The number of pyridine rings is 1. The van der Waals surface area contributed by atoms with Crippen molar-refractivity contribution in [3.05, 3.63) is 47.7 Å². The van der Waals surface area contributed by atoms with Crippen molar-refractivity contribution in [1.82, 2.24) is 14.8 Å². The molecule has 3 amide bonds. The second kappa shape index (κ2) is 7.36. The van der Waals surface area contributed by atoms with E-state index >= 15 is 0 Å². The molecule has 1 aliphatic heterocycles. The maximum Gasteiger partial charge on any atom is 0.417 e. The number of halogens is 3. The maximum absolute atomic E-state index is 13.8. The number of carbonyl (C=O) groups excluding carboxylic acids is 2. The molecule has 154 valence electrons. The standard InChI is InChI=1S/C19H19F3N4O3/c1-24(2)17(28)12-6-4-5-11(7-12)13-9-23-15(8-14(13)19(20,21)22)26-16(27)10-25(3)18(26)29/h4-9,16,27H,10H2,1-3H3. The van der Waals surface area contributed by atoms with Gasteiger partial charge in [-0.3, -0.25) is 4.79 Å². The van der Waals surface area contributed by atoms with Crippen molar-refractivity contribution >= 4 is 17.8 Å². The lowest BCUT2D eigenvalue weighted by Gasteiger charge is -2.21. The number of benzene rings is 1. The Labute approximate surface area is 165 Å². The van der Waals surface area contributed by atoms with Crippen LogP contribution >= 0.6 is 0 Å². The molecule has 29 heavy (non-hydrogen) atoms. The average Bonchev–Trinajstić information content (AvgIpc) is 2.91. The molecule has 0 radical (unpaired) electrons. The largest absolute Gasteiger partial charge is 0.417 e. The molecule has 1 N–H and O–H groups in total. The highest BCUT2D eigenvalue weighted by molar-refractivity contribution is 5.96. The zero-order chi connectivity index (χ0) is 21.5. The van der Waals surface area contributed by atoms with Gasteiger partial charge in [0.25, 0.3) is 5.91 Å². The number of nitrogens with zero attached hydrogens (tertiary/aromatic N) is 4. The van der Waals surface area contributed by atoms with E-state index in [1.165, 1.54) is 41.1 Å². The Morgan fingerprint density at radius 3 is 2.52 bits per heavy atom. The highest BCUT2D eigenvalue weighted by Crippen LogP contribution is 2.39. The predicted molar refractivity (Wildman–Crippen MR) is 99.2 cm³/mol. The summed E-state index contributed by atoms with van der Waals surface area (Å²) < 4.78 is 41.3. The molecule has 0 aliphatic carbocycles. The number of aliphatic hydroxyl groups is 1. The summed E-state index contributed by atoms with van der Waals surface area (Å²) in [5.41, 5.74) is -0.860. The number of hydrogen-bond donors (Lipinski definition) is 1. The van der Waals surface area contributed by atoms with Gasteiger partial charge in [0.15, 0.2) is 6.23 Å². The summed E-state index contributed by atoms with van der Waals surface area (Å²) >= 11 is 0. The molecule has 0 bridgehead atoms. The lowest BCUT2D eigenvalue weighted by molar-refractivity contribution is -0.137. The highest BCUT2D eigenvalue weighted by Gasteiger charge is 2.39. The number of hydrogen-bond acceptors (Lipinski definition) is 4. The third kappa shape index (κ3) is 3.88. The minimum Gasteiger partial charge on any atom is -0.371 e. The van der Waals surface area contributed by atoms with Crippen LogP contribution in [0.5, 0.6) is 0 Å². The molecule has 3 rings (SSSR count). The quantitative estimate of drug-likeness (QED) is 0.847. The van der Waals surface area contributed by atoms with E-state index in [1.54, 1.807) is 14.1 Å². The van der Waals surface area contributed by atoms with Crippen LogP contribution in [0.4, 0.5) is 23.8 Å². The first-order valence-corrected chi connectivity index (χ1v) is 8.62. The monoisotopic (exact) mass is 408 g/mol. The minimum absolute atomic E-state index is 0.0433. The van der Waals surface area contributed by atoms with Gasteiger partial charge in [-0.1, -0.05) is 12.1 Å². The van der Waals surface area contributed by atoms with Crippen LogP contribution in [0.2, 0.25) is 0 Å². The lowest BCUT2D eigenvalue weighted by Crippen LogP contribution is -2.35. The third-order valence-electron chi connectivity index (χ3n) is 4.54. The van der Waals surface area contributed by atoms with Crippen molar-refractivity contribution in [3.63, 3.8) is 0 Å². The number of aromatic nitrogens is 1. The Morgan fingerprint density at radius 1 is 1.28 bits per heavy atom. The fourth-order valence-corrected chi connectivity index (χ4v) is 3.09. The first-order chi connectivity index (χ1) is 13.5. The SMILES string of the molecule is CN(C)C(=O)c1cccc(-c2cnc(N3C(=O)N(C)CC3O)cc2C(F)(F)F)c1. The van der Waals surface area contributed by atoms with Gasteiger partial charge in [-0.2, -0.15) is 13.2 Å². The molecule has 1 unspecified atom stereocenters. The molecule has 1 aromatic heterocycles. The Bertz CT molecular complexity index is 962. The Hall–Kier alpha value is -3.14. The normalized spacial score (nSPS) is 17.1. The third-order valence-corrected chi connectivity index (χ3v) is 4.54. The van der Waals surface area contributed by atoms with Crippen molar-refractivity contribution in [2.75, 3.05) is 32.6 Å². The van der Waals surface area contributed by atoms with E-state index in [0.29, 0.717) is 0 Å². The summed E-state index contributed by atoms with van der Waals surface area (Å²) in [6.07, 6.45) is -5.04. The zero-order valence-corrected chi connectivity index (χ0v) is 15.9. The molecule has 1 aliphatic rings. The van der Waals surface area contributed by atoms with Crippen LogP contribution in [0, 0.1) is 0 Å². The number of β-amino-alcohol motifs (C(OH)–C–C–N with tert-alkyl or cyclic N) is 1. The van der Waals surface area contributed by atoms with Gasteiger partial charge in [-0.25, -0.2) is 14.7 Å². The van der Waals surface area contributed by atoms with Crippen molar-refractivity contribution < 1.29 is 27.9 Å². The number of likely N-dealkylation sites (N-methyl/N-ethyl adjacent to an activating group) is 1. The minimum atomic E-state index is -4.74. The molecular formula is C19H19F3N4O3. The summed E-state index contributed by atoms with van der Waals surface area (Å²) in [5.74, 6) is -0.651. The molecule has 7 nitrogen and oxygen atoms in total. The number of alkyl halides is 3. The first kappa shape index (κ1) is 20.6. The predicted octanol–water partition coefficient (Wildman–Crippen LogP) is 2.66. The number of amides is 3. The van der Waals surface area contributed by atoms with E-state index in [-0.39, 0.29) is 35.0 Å². The van der Waals surface area contributed by atoms with E-state index in [1.807, 2.05) is 0 Å². The van der Waals surface area contributed by atoms with E-state index in [0.717, 1.165) is 17.2 Å². The maximum atomic E-state index is 13.8. The molecule has 1 fully saturated rings. The Morgan fingerprint density at radius 2 is 1.97 bits per heavy atom.